The van der Waals surface area contributed by atoms with Gasteiger partial charge in [-0.25, -0.2) is 8.42 Å². The molecule has 1 N–H and O–H groups in total. The summed E-state index contributed by atoms with van der Waals surface area (Å²) in [4.78, 5) is 0.407. The SMILES string of the molecule is CCCCN(CCO)S(=O)(=O)c1c(C)c(C)cc(C)c1C. The summed E-state index contributed by atoms with van der Waals surface area (Å²) in [7, 11) is -3.57. The molecular weight excluding hydrogens is 286 g/mol. The highest BCUT2D eigenvalue weighted by Gasteiger charge is 2.28. The second-order valence-electron chi connectivity index (χ2n) is 5.57. The molecule has 1 rings (SSSR count). The predicted octanol–water partition coefficient (Wildman–Crippen LogP) is 2.70. The first-order valence-electron chi connectivity index (χ1n) is 7.45. The minimum atomic E-state index is -3.57. The lowest BCUT2D eigenvalue weighted by molar-refractivity contribution is 0.252. The molecule has 4 nitrogen and oxygen atoms in total. The Morgan fingerprint density at radius 3 is 2.00 bits per heavy atom. The Balaban J connectivity index is 3.41. The van der Waals surface area contributed by atoms with Gasteiger partial charge in [0.2, 0.25) is 10.0 Å². The van der Waals surface area contributed by atoms with Crippen LogP contribution in [0, 0.1) is 27.7 Å². The van der Waals surface area contributed by atoms with Crippen molar-refractivity contribution in [3.05, 3.63) is 28.3 Å². The van der Waals surface area contributed by atoms with E-state index in [-0.39, 0.29) is 13.2 Å². The summed E-state index contributed by atoms with van der Waals surface area (Å²) in [5.74, 6) is 0. The van der Waals surface area contributed by atoms with Crippen LogP contribution >= 0.6 is 0 Å². The first-order chi connectivity index (χ1) is 9.77. The molecule has 0 aliphatic carbocycles. The minimum Gasteiger partial charge on any atom is -0.395 e. The molecule has 0 bridgehead atoms. The van der Waals surface area contributed by atoms with E-state index in [0.29, 0.717) is 11.4 Å². The maximum Gasteiger partial charge on any atom is 0.243 e. The summed E-state index contributed by atoms with van der Waals surface area (Å²) in [6.45, 7) is 10.0. The Bertz CT molecular complexity index is 568. The fourth-order valence-electron chi connectivity index (χ4n) is 2.49. The van der Waals surface area contributed by atoms with Gasteiger partial charge in [-0.15, -0.1) is 0 Å². The van der Waals surface area contributed by atoms with Crippen molar-refractivity contribution in [2.24, 2.45) is 0 Å². The molecule has 0 radical (unpaired) electrons. The van der Waals surface area contributed by atoms with E-state index in [4.69, 9.17) is 0 Å². The molecule has 0 unspecified atom stereocenters. The van der Waals surface area contributed by atoms with E-state index >= 15 is 0 Å². The molecule has 21 heavy (non-hydrogen) atoms. The molecular formula is C16H27NO3S. The van der Waals surface area contributed by atoms with Gasteiger partial charge in [-0.05, 0) is 56.4 Å². The second kappa shape index (κ2) is 7.38. The normalized spacial score (nSPS) is 12.1. The highest BCUT2D eigenvalue weighted by atomic mass is 32.2. The fraction of sp³-hybridized carbons (Fsp3) is 0.625. The summed E-state index contributed by atoms with van der Waals surface area (Å²) >= 11 is 0. The third-order valence-corrected chi connectivity index (χ3v) is 6.18. The van der Waals surface area contributed by atoms with Gasteiger partial charge in [-0.1, -0.05) is 19.4 Å². The van der Waals surface area contributed by atoms with Gasteiger partial charge in [0.1, 0.15) is 0 Å². The Morgan fingerprint density at radius 2 is 1.57 bits per heavy atom. The first-order valence-corrected chi connectivity index (χ1v) is 8.89. The summed E-state index contributed by atoms with van der Waals surface area (Å²) in [6.07, 6.45) is 1.71. The molecule has 1 aromatic rings. The molecule has 0 saturated carbocycles. The maximum absolute atomic E-state index is 13.0. The Labute approximate surface area is 128 Å². The second-order valence-corrected chi connectivity index (χ2v) is 7.45. The van der Waals surface area contributed by atoms with Crippen LogP contribution in [-0.4, -0.2) is 37.5 Å². The van der Waals surface area contributed by atoms with Crippen LogP contribution in [0.5, 0.6) is 0 Å². The number of benzene rings is 1. The Hall–Kier alpha value is -0.910. The Kier molecular flexibility index (Phi) is 6.38. The standard InChI is InChI=1S/C16H27NO3S/c1-6-7-8-17(9-10-18)21(19,20)16-14(4)12(2)11-13(3)15(16)5/h11,18H,6-10H2,1-5H3. The number of nitrogens with zero attached hydrogens (tertiary/aromatic N) is 1. The van der Waals surface area contributed by atoms with E-state index in [2.05, 4.69) is 0 Å². The van der Waals surface area contributed by atoms with E-state index in [9.17, 15) is 13.5 Å². The van der Waals surface area contributed by atoms with E-state index in [1.165, 1.54) is 4.31 Å². The minimum absolute atomic E-state index is 0.147. The number of hydrogen-bond donors (Lipinski definition) is 1. The number of unbranched alkanes of at least 4 members (excludes halogenated alkanes) is 1. The molecule has 0 aliphatic rings. The third kappa shape index (κ3) is 3.84. The van der Waals surface area contributed by atoms with Crippen molar-refractivity contribution >= 4 is 10.0 Å². The molecule has 0 fully saturated rings. The van der Waals surface area contributed by atoms with Gasteiger partial charge < -0.3 is 5.11 Å². The lowest BCUT2D eigenvalue weighted by Gasteiger charge is -2.24. The van der Waals surface area contributed by atoms with Crippen LogP contribution in [0.25, 0.3) is 0 Å². The number of hydrogen-bond acceptors (Lipinski definition) is 3. The molecule has 0 spiro atoms. The van der Waals surface area contributed by atoms with Crippen LogP contribution in [0.3, 0.4) is 0 Å². The predicted molar refractivity (Wildman–Crippen MR) is 86.1 cm³/mol. The van der Waals surface area contributed by atoms with Crippen molar-refractivity contribution in [1.82, 2.24) is 4.31 Å². The smallest absolute Gasteiger partial charge is 0.243 e. The number of aryl methyl sites for hydroxylation is 2. The summed E-state index contributed by atoms with van der Waals surface area (Å²) < 4.78 is 27.4. The highest BCUT2D eigenvalue weighted by Crippen LogP contribution is 2.28. The van der Waals surface area contributed by atoms with Crippen molar-refractivity contribution in [2.75, 3.05) is 19.7 Å². The van der Waals surface area contributed by atoms with Crippen molar-refractivity contribution < 1.29 is 13.5 Å². The highest BCUT2D eigenvalue weighted by molar-refractivity contribution is 7.89. The van der Waals surface area contributed by atoms with Crippen molar-refractivity contribution in [1.29, 1.82) is 0 Å². The molecule has 120 valence electrons. The number of aliphatic hydroxyl groups excluding tert-OH is 1. The third-order valence-electron chi connectivity index (χ3n) is 4.01. The van der Waals surface area contributed by atoms with E-state index in [1.54, 1.807) is 0 Å². The molecule has 0 aromatic heterocycles. The molecule has 5 heteroatoms. The topological polar surface area (TPSA) is 57.6 Å². The van der Waals surface area contributed by atoms with Gasteiger partial charge >= 0.3 is 0 Å². The van der Waals surface area contributed by atoms with Crippen molar-refractivity contribution in [3.8, 4) is 0 Å². The van der Waals surface area contributed by atoms with E-state index in [0.717, 1.165) is 35.1 Å². The van der Waals surface area contributed by atoms with Crippen LogP contribution in [-0.2, 0) is 10.0 Å². The van der Waals surface area contributed by atoms with Crippen molar-refractivity contribution in [3.63, 3.8) is 0 Å². The lowest BCUT2D eigenvalue weighted by atomic mass is 10.0. The van der Waals surface area contributed by atoms with Gasteiger partial charge in [0, 0.05) is 13.1 Å². The summed E-state index contributed by atoms with van der Waals surface area (Å²) in [6, 6.07) is 2.02. The fourth-order valence-corrected chi connectivity index (χ4v) is 4.54. The summed E-state index contributed by atoms with van der Waals surface area (Å²) in [5.41, 5.74) is 3.57. The molecule has 0 amide bonds. The van der Waals surface area contributed by atoms with Crippen LogP contribution in [0.2, 0.25) is 0 Å². The van der Waals surface area contributed by atoms with Gasteiger partial charge in [0.05, 0.1) is 11.5 Å². The average Bonchev–Trinajstić information content (AvgIpc) is 2.41. The van der Waals surface area contributed by atoms with Gasteiger partial charge in [-0.3, -0.25) is 0 Å². The number of rotatable bonds is 7. The molecule has 0 aliphatic heterocycles. The van der Waals surface area contributed by atoms with Crippen LogP contribution in [0.1, 0.15) is 42.0 Å². The maximum atomic E-state index is 13.0. The van der Waals surface area contributed by atoms with Crippen molar-refractivity contribution in [2.45, 2.75) is 52.4 Å². The van der Waals surface area contributed by atoms with Crippen LogP contribution in [0.4, 0.5) is 0 Å². The average molecular weight is 313 g/mol. The van der Waals surface area contributed by atoms with E-state index in [1.807, 2.05) is 40.7 Å². The zero-order valence-corrected chi connectivity index (χ0v) is 14.5. The van der Waals surface area contributed by atoms with E-state index < -0.39 is 10.0 Å². The molecule has 0 heterocycles. The molecule has 0 atom stereocenters. The van der Waals surface area contributed by atoms with Crippen LogP contribution < -0.4 is 0 Å². The van der Waals surface area contributed by atoms with Gasteiger partial charge in [0.15, 0.2) is 0 Å². The number of aliphatic hydroxyl groups is 1. The zero-order valence-electron chi connectivity index (χ0n) is 13.7. The first kappa shape index (κ1) is 18.1. The van der Waals surface area contributed by atoms with Gasteiger partial charge in [-0.2, -0.15) is 4.31 Å². The Morgan fingerprint density at radius 1 is 1.05 bits per heavy atom. The van der Waals surface area contributed by atoms with Gasteiger partial charge in [0.25, 0.3) is 0 Å². The molecule has 1 aromatic carbocycles. The number of sulfonamides is 1. The quantitative estimate of drug-likeness (QED) is 0.842. The van der Waals surface area contributed by atoms with Crippen LogP contribution in [0.15, 0.2) is 11.0 Å². The lowest BCUT2D eigenvalue weighted by Crippen LogP contribution is -2.35. The summed E-state index contributed by atoms with van der Waals surface area (Å²) in [5, 5.41) is 9.19. The largest absolute Gasteiger partial charge is 0.395 e. The monoisotopic (exact) mass is 313 g/mol. The zero-order chi connectivity index (χ0) is 16.2. The molecule has 0 saturated heterocycles.